The highest BCUT2D eigenvalue weighted by atomic mass is 16.5. The van der Waals surface area contributed by atoms with Gasteiger partial charge in [0.1, 0.15) is 11.9 Å². The molecule has 1 aromatic carbocycles. The second-order valence-corrected chi connectivity index (χ2v) is 6.59. The number of ether oxygens (including phenoxy) is 1. The molecule has 1 N–H and O–H groups in total. The summed E-state index contributed by atoms with van der Waals surface area (Å²) in [6.07, 6.45) is 1.83. The van der Waals surface area contributed by atoms with E-state index in [0.717, 1.165) is 18.6 Å². The molecule has 19 heavy (non-hydrogen) atoms. The first-order valence-electron chi connectivity index (χ1n) is 7.02. The van der Waals surface area contributed by atoms with Crippen LogP contribution in [0.1, 0.15) is 46.6 Å². The number of rotatable bonds is 3. The van der Waals surface area contributed by atoms with Crippen LogP contribution in [0.2, 0.25) is 0 Å². The summed E-state index contributed by atoms with van der Waals surface area (Å²) in [7, 11) is 0. The number of hydrogen-bond donors (Lipinski definition) is 1. The van der Waals surface area contributed by atoms with Gasteiger partial charge < -0.3 is 9.94 Å². The molecule has 1 atom stereocenters. The Morgan fingerprint density at radius 3 is 2.21 bits per heavy atom. The largest absolute Gasteiger partial charge is 0.488 e. The number of benzene rings is 1. The molecule has 0 aliphatic carbocycles. The summed E-state index contributed by atoms with van der Waals surface area (Å²) < 4.78 is 6.09. The molecule has 3 heteroatoms. The number of aryl methyl sites for hydroxylation is 1. The van der Waals surface area contributed by atoms with E-state index < -0.39 is 0 Å². The fourth-order valence-electron chi connectivity index (χ4n) is 2.86. The molecule has 1 unspecified atom stereocenters. The third kappa shape index (κ3) is 2.63. The monoisotopic (exact) mass is 263 g/mol. The molecule has 3 nitrogen and oxygen atoms in total. The highest BCUT2D eigenvalue weighted by Crippen LogP contribution is 2.41. The van der Waals surface area contributed by atoms with E-state index in [0.29, 0.717) is 0 Å². The molecule has 0 amide bonds. The van der Waals surface area contributed by atoms with Crippen LogP contribution in [0.15, 0.2) is 24.3 Å². The van der Waals surface area contributed by atoms with Gasteiger partial charge in [0.15, 0.2) is 0 Å². The van der Waals surface area contributed by atoms with Crippen molar-refractivity contribution < 1.29 is 9.94 Å². The fraction of sp³-hybridized carbons (Fsp3) is 0.625. The summed E-state index contributed by atoms with van der Waals surface area (Å²) in [5.74, 6) is 0.876. The summed E-state index contributed by atoms with van der Waals surface area (Å²) in [4.78, 5) is 0. The van der Waals surface area contributed by atoms with Crippen LogP contribution < -0.4 is 4.74 Å². The number of nitrogens with zero attached hydrogens (tertiary/aromatic N) is 1. The first-order chi connectivity index (χ1) is 8.77. The molecule has 0 aromatic heterocycles. The molecule has 1 fully saturated rings. The van der Waals surface area contributed by atoms with Gasteiger partial charge in [-0.1, -0.05) is 19.1 Å². The van der Waals surface area contributed by atoms with Crippen molar-refractivity contribution in [2.75, 3.05) is 0 Å². The van der Waals surface area contributed by atoms with Crippen molar-refractivity contribution in [1.29, 1.82) is 0 Å². The summed E-state index contributed by atoms with van der Waals surface area (Å²) in [6.45, 7) is 10.3. The van der Waals surface area contributed by atoms with Crippen LogP contribution in [0.25, 0.3) is 0 Å². The minimum atomic E-state index is -0.382. The number of hydroxylamine groups is 2. The van der Waals surface area contributed by atoms with Crippen molar-refractivity contribution >= 4 is 0 Å². The van der Waals surface area contributed by atoms with Gasteiger partial charge in [-0.2, -0.15) is 5.06 Å². The highest BCUT2D eigenvalue weighted by molar-refractivity contribution is 5.28. The zero-order valence-electron chi connectivity index (χ0n) is 12.6. The summed E-state index contributed by atoms with van der Waals surface area (Å²) in [5.41, 5.74) is 0.673. The predicted molar refractivity (Wildman–Crippen MR) is 76.6 cm³/mol. The first kappa shape index (κ1) is 14.4. The zero-order chi connectivity index (χ0) is 14.3. The average Bonchev–Trinajstić information content (AvgIpc) is 2.51. The van der Waals surface area contributed by atoms with Crippen molar-refractivity contribution in [2.45, 2.75) is 64.6 Å². The van der Waals surface area contributed by atoms with Crippen LogP contribution >= 0.6 is 0 Å². The van der Waals surface area contributed by atoms with E-state index in [1.165, 1.54) is 10.6 Å². The van der Waals surface area contributed by atoms with Gasteiger partial charge in [0.2, 0.25) is 0 Å². The Morgan fingerprint density at radius 1 is 1.21 bits per heavy atom. The maximum absolute atomic E-state index is 10.3. The lowest BCUT2D eigenvalue weighted by Gasteiger charge is -2.35. The van der Waals surface area contributed by atoms with Gasteiger partial charge in [0.05, 0.1) is 5.54 Å². The van der Waals surface area contributed by atoms with Gasteiger partial charge in [0, 0.05) is 12.0 Å². The lowest BCUT2D eigenvalue weighted by molar-refractivity contribution is -0.199. The lowest BCUT2D eigenvalue weighted by atomic mass is 9.97. The Morgan fingerprint density at radius 2 is 1.79 bits per heavy atom. The molecule has 0 spiro atoms. The molecule has 0 radical (unpaired) electrons. The molecule has 1 aromatic rings. The molecule has 1 aliphatic heterocycles. The fourth-order valence-corrected chi connectivity index (χ4v) is 2.86. The molecule has 1 heterocycles. The molecule has 0 saturated carbocycles. The van der Waals surface area contributed by atoms with E-state index in [-0.39, 0.29) is 17.2 Å². The normalized spacial score (nSPS) is 25.5. The Labute approximate surface area is 116 Å². The van der Waals surface area contributed by atoms with E-state index >= 15 is 0 Å². The molecule has 1 saturated heterocycles. The Kier molecular flexibility index (Phi) is 3.63. The summed E-state index contributed by atoms with van der Waals surface area (Å²) in [6, 6.07) is 8.22. The van der Waals surface area contributed by atoms with Gasteiger partial charge >= 0.3 is 0 Å². The van der Waals surface area contributed by atoms with Crippen LogP contribution in [-0.4, -0.2) is 27.5 Å². The van der Waals surface area contributed by atoms with Crippen molar-refractivity contribution in [3.63, 3.8) is 0 Å². The SMILES string of the molecule is CCc1ccc(OC2CC(C)(C)N(O)C2(C)C)cc1. The lowest BCUT2D eigenvalue weighted by Crippen LogP contribution is -2.49. The van der Waals surface area contributed by atoms with E-state index in [4.69, 9.17) is 4.74 Å². The van der Waals surface area contributed by atoms with Crippen LogP contribution in [0.5, 0.6) is 5.75 Å². The van der Waals surface area contributed by atoms with Gasteiger partial charge in [-0.05, 0) is 51.8 Å². The van der Waals surface area contributed by atoms with Gasteiger partial charge in [0.25, 0.3) is 0 Å². The van der Waals surface area contributed by atoms with E-state index in [9.17, 15) is 5.21 Å². The molecule has 106 valence electrons. The van der Waals surface area contributed by atoms with Crippen molar-refractivity contribution in [3.8, 4) is 5.75 Å². The van der Waals surface area contributed by atoms with E-state index in [1.54, 1.807) is 0 Å². The standard InChI is InChI=1S/C16H25NO2/c1-6-12-7-9-13(10-8-12)19-14-11-15(2,3)17(18)16(14,4)5/h7-10,14,18H,6,11H2,1-5H3. The molecule has 0 bridgehead atoms. The minimum Gasteiger partial charge on any atom is -0.488 e. The number of hydrogen-bond acceptors (Lipinski definition) is 3. The highest BCUT2D eigenvalue weighted by Gasteiger charge is 2.52. The van der Waals surface area contributed by atoms with Gasteiger partial charge in [-0.15, -0.1) is 0 Å². The molecular formula is C16H25NO2. The Balaban J connectivity index is 2.14. The second-order valence-electron chi connectivity index (χ2n) is 6.59. The quantitative estimate of drug-likeness (QED) is 0.903. The van der Waals surface area contributed by atoms with Gasteiger partial charge in [-0.3, -0.25) is 0 Å². The summed E-state index contributed by atoms with van der Waals surface area (Å²) >= 11 is 0. The second kappa shape index (κ2) is 4.80. The molecule has 1 aliphatic rings. The van der Waals surface area contributed by atoms with Crippen molar-refractivity contribution in [2.24, 2.45) is 0 Å². The predicted octanol–water partition coefficient (Wildman–Crippen LogP) is 3.65. The minimum absolute atomic E-state index is 0.0139. The molecular weight excluding hydrogens is 238 g/mol. The van der Waals surface area contributed by atoms with Crippen LogP contribution in [0.4, 0.5) is 0 Å². The van der Waals surface area contributed by atoms with Crippen molar-refractivity contribution in [1.82, 2.24) is 5.06 Å². The van der Waals surface area contributed by atoms with E-state index in [2.05, 4.69) is 19.1 Å². The van der Waals surface area contributed by atoms with Gasteiger partial charge in [-0.25, -0.2) is 0 Å². The van der Waals surface area contributed by atoms with Crippen LogP contribution in [-0.2, 0) is 6.42 Å². The zero-order valence-corrected chi connectivity index (χ0v) is 12.6. The average molecular weight is 263 g/mol. The Bertz CT molecular complexity index is 437. The van der Waals surface area contributed by atoms with E-state index in [1.807, 2.05) is 39.8 Å². The topological polar surface area (TPSA) is 32.7 Å². The maximum atomic E-state index is 10.3. The third-order valence-electron chi connectivity index (χ3n) is 4.20. The summed E-state index contributed by atoms with van der Waals surface area (Å²) in [5, 5.41) is 11.7. The smallest absolute Gasteiger partial charge is 0.121 e. The van der Waals surface area contributed by atoms with Crippen molar-refractivity contribution in [3.05, 3.63) is 29.8 Å². The van der Waals surface area contributed by atoms with Crippen LogP contribution in [0.3, 0.4) is 0 Å². The first-order valence-corrected chi connectivity index (χ1v) is 7.02. The maximum Gasteiger partial charge on any atom is 0.121 e. The van der Waals surface area contributed by atoms with Crippen LogP contribution in [0, 0.1) is 0 Å². The Hall–Kier alpha value is -1.06. The molecule has 2 rings (SSSR count). The third-order valence-corrected chi connectivity index (χ3v) is 4.20.